The molecule has 2 aromatic heterocycles. The van der Waals surface area contributed by atoms with Crippen molar-refractivity contribution in [3.63, 3.8) is 0 Å². The quantitative estimate of drug-likeness (QED) is 0.211. The minimum absolute atomic E-state index is 0.0114. The fourth-order valence-corrected chi connectivity index (χ4v) is 6.15. The number of esters is 1. The maximum Gasteiger partial charge on any atom is 0.311 e. The molecule has 198 valence electrons. The van der Waals surface area contributed by atoms with Crippen LogP contribution in [0, 0.1) is 6.92 Å². The van der Waals surface area contributed by atoms with Crippen LogP contribution in [-0.2, 0) is 36.3 Å². The summed E-state index contributed by atoms with van der Waals surface area (Å²) in [4.78, 5) is 28.7. The molecular formula is C25H25N5O5S3. The summed E-state index contributed by atoms with van der Waals surface area (Å²) in [7, 11) is -3.68. The minimum atomic E-state index is -3.68. The van der Waals surface area contributed by atoms with E-state index in [0.717, 1.165) is 17.3 Å². The highest BCUT2D eigenvalue weighted by atomic mass is 32.2. The zero-order valence-electron chi connectivity index (χ0n) is 20.7. The second-order valence-corrected chi connectivity index (χ2v) is 11.9. The summed E-state index contributed by atoms with van der Waals surface area (Å²) in [5.41, 5.74) is 2.15. The van der Waals surface area contributed by atoms with Crippen LogP contribution in [0.2, 0.25) is 0 Å². The van der Waals surface area contributed by atoms with Gasteiger partial charge in [-0.1, -0.05) is 47.7 Å². The van der Waals surface area contributed by atoms with E-state index in [-0.39, 0.29) is 47.1 Å². The van der Waals surface area contributed by atoms with Crippen molar-refractivity contribution in [3.05, 3.63) is 77.1 Å². The number of ether oxygens (including phenoxy) is 1. The van der Waals surface area contributed by atoms with Gasteiger partial charge < -0.3 is 10.1 Å². The Morgan fingerprint density at radius 1 is 1.08 bits per heavy atom. The van der Waals surface area contributed by atoms with Crippen molar-refractivity contribution in [2.45, 2.75) is 36.1 Å². The van der Waals surface area contributed by atoms with E-state index in [4.69, 9.17) is 4.74 Å². The smallest absolute Gasteiger partial charge is 0.311 e. The normalized spacial score (nSPS) is 11.3. The van der Waals surface area contributed by atoms with E-state index in [2.05, 4.69) is 20.5 Å². The standard InChI is InChI=1S/C25H25N5O5S3/c1-3-35-23(32)13-18-14-36-24(26-18)27-22(31)15-37-25-29-28-21(30(25)19-7-5-4-6-8-19)16-38(33,34)20-11-9-17(2)10-12-20/h4-12,14H,3,13,15-16H2,1-2H3,(H,26,27,31). The Labute approximate surface area is 228 Å². The summed E-state index contributed by atoms with van der Waals surface area (Å²) < 4.78 is 32.7. The zero-order chi connectivity index (χ0) is 27.1. The molecule has 0 bridgehead atoms. The van der Waals surface area contributed by atoms with Gasteiger partial charge in [-0.05, 0) is 38.1 Å². The van der Waals surface area contributed by atoms with Crippen LogP contribution in [0.15, 0.2) is 70.0 Å². The van der Waals surface area contributed by atoms with Gasteiger partial charge in [0.15, 0.2) is 25.9 Å². The van der Waals surface area contributed by atoms with Gasteiger partial charge in [-0.2, -0.15) is 0 Å². The van der Waals surface area contributed by atoms with Crippen LogP contribution >= 0.6 is 23.1 Å². The molecule has 1 amide bonds. The average molecular weight is 572 g/mol. The predicted molar refractivity (Wildman–Crippen MR) is 145 cm³/mol. The molecule has 2 heterocycles. The second kappa shape index (κ2) is 12.3. The molecule has 4 aromatic rings. The number of nitrogens with one attached hydrogen (secondary N) is 1. The van der Waals surface area contributed by atoms with E-state index < -0.39 is 9.84 Å². The lowest BCUT2D eigenvalue weighted by molar-refractivity contribution is -0.142. The first-order valence-electron chi connectivity index (χ1n) is 11.6. The molecule has 38 heavy (non-hydrogen) atoms. The van der Waals surface area contributed by atoms with Crippen molar-refractivity contribution in [1.29, 1.82) is 0 Å². The summed E-state index contributed by atoms with van der Waals surface area (Å²) in [6.45, 7) is 3.91. The molecule has 0 aliphatic heterocycles. The lowest BCUT2D eigenvalue weighted by Crippen LogP contribution is -2.15. The van der Waals surface area contributed by atoms with Crippen LogP contribution in [-0.4, -0.2) is 52.4 Å². The number of carbonyl (C=O) groups is 2. The SMILES string of the molecule is CCOC(=O)Cc1csc(NC(=O)CSc2nnc(CS(=O)(=O)c3ccc(C)cc3)n2-c2ccccc2)n1. The molecule has 0 saturated carbocycles. The number of carbonyl (C=O) groups excluding carboxylic acids is 2. The monoisotopic (exact) mass is 571 g/mol. The van der Waals surface area contributed by atoms with E-state index >= 15 is 0 Å². The molecule has 0 radical (unpaired) electrons. The molecule has 0 saturated heterocycles. The van der Waals surface area contributed by atoms with Crippen molar-refractivity contribution < 1.29 is 22.7 Å². The van der Waals surface area contributed by atoms with Crippen LogP contribution in [0.3, 0.4) is 0 Å². The summed E-state index contributed by atoms with van der Waals surface area (Å²) in [6.07, 6.45) is 0.0312. The van der Waals surface area contributed by atoms with Gasteiger partial charge in [0.2, 0.25) is 5.91 Å². The summed E-state index contributed by atoms with van der Waals surface area (Å²) >= 11 is 2.33. The van der Waals surface area contributed by atoms with Gasteiger partial charge in [-0.15, -0.1) is 21.5 Å². The number of hydrogen-bond acceptors (Lipinski definition) is 10. The van der Waals surface area contributed by atoms with Crippen LogP contribution in [0.5, 0.6) is 0 Å². The number of para-hydroxylation sites is 1. The fraction of sp³-hybridized carbons (Fsp3) is 0.240. The van der Waals surface area contributed by atoms with Crippen LogP contribution in [0.25, 0.3) is 5.69 Å². The third-order valence-electron chi connectivity index (χ3n) is 5.18. The number of aryl methyl sites for hydroxylation is 1. The van der Waals surface area contributed by atoms with E-state index in [0.29, 0.717) is 21.7 Å². The van der Waals surface area contributed by atoms with Crippen molar-refractivity contribution >= 4 is 49.9 Å². The fourth-order valence-electron chi connectivity index (χ4n) is 3.41. The molecule has 2 aromatic carbocycles. The highest BCUT2D eigenvalue weighted by molar-refractivity contribution is 7.99. The summed E-state index contributed by atoms with van der Waals surface area (Å²) in [5, 5.41) is 13.5. The molecule has 0 fully saturated rings. The first kappa shape index (κ1) is 27.5. The number of thioether (sulfide) groups is 1. The third-order valence-corrected chi connectivity index (χ3v) is 8.54. The van der Waals surface area contributed by atoms with E-state index in [1.165, 1.54) is 11.3 Å². The number of benzene rings is 2. The lowest BCUT2D eigenvalue weighted by Gasteiger charge is -2.11. The number of amides is 1. The Bertz CT molecular complexity index is 1520. The number of rotatable bonds is 11. The Balaban J connectivity index is 1.48. The maximum absolute atomic E-state index is 13.1. The Morgan fingerprint density at radius 3 is 2.53 bits per heavy atom. The van der Waals surface area contributed by atoms with Crippen molar-refractivity contribution in [1.82, 2.24) is 19.7 Å². The molecule has 0 aliphatic carbocycles. The molecule has 10 nitrogen and oxygen atoms in total. The Hall–Kier alpha value is -3.55. The number of anilines is 1. The van der Waals surface area contributed by atoms with Gasteiger partial charge in [-0.25, -0.2) is 13.4 Å². The number of sulfone groups is 1. The minimum Gasteiger partial charge on any atom is -0.466 e. The first-order chi connectivity index (χ1) is 18.2. The molecule has 0 spiro atoms. The van der Waals surface area contributed by atoms with Gasteiger partial charge in [0.05, 0.1) is 29.4 Å². The zero-order valence-corrected chi connectivity index (χ0v) is 23.1. The number of thiazole rings is 1. The maximum atomic E-state index is 13.1. The second-order valence-electron chi connectivity index (χ2n) is 8.10. The largest absolute Gasteiger partial charge is 0.466 e. The molecular weight excluding hydrogens is 547 g/mol. The van der Waals surface area contributed by atoms with Crippen LogP contribution < -0.4 is 5.32 Å². The van der Waals surface area contributed by atoms with Gasteiger partial charge in [-0.3, -0.25) is 14.2 Å². The van der Waals surface area contributed by atoms with E-state index in [1.807, 2.05) is 37.3 Å². The lowest BCUT2D eigenvalue weighted by atomic mass is 10.2. The predicted octanol–water partition coefficient (Wildman–Crippen LogP) is 3.84. The summed E-state index contributed by atoms with van der Waals surface area (Å²) in [5.74, 6) is -0.839. The number of nitrogens with zero attached hydrogens (tertiary/aromatic N) is 4. The van der Waals surface area contributed by atoms with Crippen LogP contribution in [0.1, 0.15) is 24.0 Å². The van der Waals surface area contributed by atoms with Gasteiger partial charge in [0.25, 0.3) is 0 Å². The van der Waals surface area contributed by atoms with Crippen molar-refractivity contribution in [3.8, 4) is 5.69 Å². The van der Waals surface area contributed by atoms with E-state index in [1.54, 1.807) is 41.1 Å². The number of hydrogen-bond donors (Lipinski definition) is 1. The van der Waals surface area contributed by atoms with Gasteiger partial charge in [0, 0.05) is 11.1 Å². The van der Waals surface area contributed by atoms with Crippen molar-refractivity contribution in [2.75, 3.05) is 17.7 Å². The molecule has 0 unspecified atom stereocenters. The third kappa shape index (κ3) is 7.05. The van der Waals surface area contributed by atoms with Gasteiger partial charge >= 0.3 is 5.97 Å². The molecule has 13 heteroatoms. The topological polar surface area (TPSA) is 133 Å². The van der Waals surface area contributed by atoms with Crippen LogP contribution in [0.4, 0.5) is 5.13 Å². The molecule has 0 atom stereocenters. The van der Waals surface area contributed by atoms with Gasteiger partial charge in [0.1, 0.15) is 5.75 Å². The molecule has 4 rings (SSSR count). The Morgan fingerprint density at radius 2 is 1.82 bits per heavy atom. The highest BCUT2D eigenvalue weighted by Crippen LogP contribution is 2.25. The summed E-state index contributed by atoms with van der Waals surface area (Å²) in [6, 6.07) is 15.8. The van der Waals surface area contributed by atoms with Crippen molar-refractivity contribution in [2.24, 2.45) is 0 Å². The molecule has 0 aliphatic rings. The Kier molecular flexibility index (Phi) is 8.92. The first-order valence-corrected chi connectivity index (χ1v) is 15.1. The average Bonchev–Trinajstić information content (AvgIpc) is 3.49. The molecule has 1 N–H and O–H groups in total. The number of aromatic nitrogens is 4. The van der Waals surface area contributed by atoms with E-state index in [9.17, 15) is 18.0 Å². The highest BCUT2D eigenvalue weighted by Gasteiger charge is 2.23.